The molecule has 0 aliphatic carbocycles. The van der Waals surface area contributed by atoms with E-state index in [2.05, 4.69) is 10.3 Å². The lowest BCUT2D eigenvalue weighted by Gasteiger charge is -2.31. The molecule has 1 unspecified atom stereocenters. The molecule has 22 heavy (non-hydrogen) atoms. The Morgan fingerprint density at radius 2 is 2.14 bits per heavy atom. The third kappa shape index (κ3) is 3.01. The van der Waals surface area contributed by atoms with E-state index in [4.69, 9.17) is 4.74 Å². The topological polar surface area (TPSA) is 60.2 Å². The van der Waals surface area contributed by atoms with Crippen LogP contribution in [0.1, 0.15) is 29.8 Å². The summed E-state index contributed by atoms with van der Waals surface area (Å²) in [4.78, 5) is 13.5. The minimum absolute atomic E-state index is 0.0596. The van der Waals surface area contributed by atoms with Crippen molar-refractivity contribution in [3.8, 4) is 0 Å². The third-order valence-electron chi connectivity index (χ3n) is 3.99. The number of rotatable bonds is 4. The van der Waals surface area contributed by atoms with E-state index in [0.717, 1.165) is 17.0 Å². The zero-order valence-corrected chi connectivity index (χ0v) is 12.9. The molecule has 6 heteroatoms. The zero-order chi connectivity index (χ0) is 15.5. The number of carbonyl (C=O) groups excluding carboxylic acids is 1. The SMILES string of the molecule is CC(=O)N1Cc2nnn(C)c2C(COCc2ccccc2)C1. The van der Waals surface area contributed by atoms with Crippen LogP contribution in [0, 0.1) is 0 Å². The van der Waals surface area contributed by atoms with Gasteiger partial charge in [-0.3, -0.25) is 9.48 Å². The summed E-state index contributed by atoms with van der Waals surface area (Å²) in [5, 5.41) is 8.25. The maximum Gasteiger partial charge on any atom is 0.219 e. The number of hydrogen-bond acceptors (Lipinski definition) is 4. The summed E-state index contributed by atoms with van der Waals surface area (Å²) in [5.74, 6) is 0.167. The van der Waals surface area contributed by atoms with Gasteiger partial charge in [-0.05, 0) is 5.56 Å². The van der Waals surface area contributed by atoms with E-state index < -0.39 is 0 Å². The maximum absolute atomic E-state index is 11.7. The van der Waals surface area contributed by atoms with E-state index >= 15 is 0 Å². The van der Waals surface area contributed by atoms with Gasteiger partial charge in [-0.2, -0.15) is 0 Å². The van der Waals surface area contributed by atoms with Crippen LogP contribution in [-0.2, 0) is 29.7 Å². The quantitative estimate of drug-likeness (QED) is 0.858. The van der Waals surface area contributed by atoms with Gasteiger partial charge in [-0.15, -0.1) is 5.10 Å². The number of amides is 1. The zero-order valence-electron chi connectivity index (χ0n) is 12.9. The molecule has 6 nitrogen and oxygen atoms in total. The molecule has 3 rings (SSSR count). The van der Waals surface area contributed by atoms with E-state index in [1.54, 1.807) is 16.5 Å². The van der Waals surface area contributed by atoms with Gasteiger partial charge in [-0.25, -0.2) is 0 Å². The largest absolute Gasteiger partial charge is 0.376 e. The lowest BCUT2D eigenvalue weighted by molar-refractivity contribution is -0.130. The first kappa shape index (κ1) is 14.7. The molecule has 1 aliphatic heterocycles. The summed E-state index contributed by atoms with van der Waals surface area (Å²) in [7, 11) is 1.89. The van der Waals surface area contributed by atoms with E-state index in [1.165, 1.54) is 0 Å². The molecule has 1 amide bonds. The number of hydrogen-bond donors (Lipinski definition) is 0. The van der Waals surface area contributed by atoms with Crippen molar-refractivity contribution >= 4 is 5.91 Å². The molecule has 0 saturated carbocycles. The van der Waals surface area contributed by atoms with E-state index in [1.807, 2.05) is 37.4 Å². The predicted octanol–water partition coefficient (Wildman–Crippen LogP) is 1.48. The molecule has 0 radical (unpaired) electrons. The van der Waals surface area contributed by atoms with Gasteiger partial charge in [0.2, 0.25) is 5.91 Å². The fourth-order valence-corrected chi connectivity index (χ4v) is 2.88. The Morgan fingerprint density at radius 1 is 1.36 bits per heavy atom. The van der Waals surface area contributed by atoms with Crippen molar-refractivity contribution in [2.24, 2.45) is 7.05 Å². The Morgan fingerprint density at radius 3 is 2.86 bits per heavy atom. The second-order valence-electron chi connectivity index (χ2n) is 5.64. The Bertz CT molecular complexity index is 653. The molecule has 2 heterocycles. The normalized spacial score (nSPS) is 17.4. The molecule has 1 atom stereocenters. The number of aryl methyl sites for hydroxylation is 1. The second-order valence-corrected chi connectivity index (χ2v) is 5.64. The van der Waals surface area contributed by atoms with Crippen molar-refractivity contribution in [2.75, 3.05) is 13.2 Å². The summed E-state index contributed by atoms with van der Waals surface area (Å²) >= 11 is 0. The van der Waals surface area contributed by atoms with Crippen molar-refractivity contribution in [3.05, 3.63) is 47.3 Å². The van der Waals surface area contributed by atoms with Crippen LogP contribution in [0.5, 0.6) is 0 Å². The molecule has 116 valence electrons. The van der Waals surface area contributed by atoms with E-state index in [0.29, 0.717) is 26.3 Å². The first-order chi connectivity index (χ1) is 10.6. The van der Waals surface area contributed by atoms with E-state index in [9.17, 15) is 4.79 Å². The molecule has 0 fully saturated rings. The van der Waals surface area contributed by atoms with E-state index in [-0.39, 0.29) is 11.8 Å². The number of ether oxygens (including phenoxy) is 1. The number of nitrogens with zero attached hydrogens (tertiary/aromatic N) is 4. The minimum atomic E-state index is 0.0596. The van der Waals surface area contributed by atoms with Crippen LogP contribution < -0.4 is 0 Å². The Balaban J connectivity index is 1.69. The highest BCUT2D eigenvalue weighted by atomic mass is 16.5. The number of aromatic nitrogens is 3. The Hall–Kier alpha value is -2.21. The van der Waals surface area contributed by atoms with Crippen LogP contribution in [0.3, 0.4) is 0 Å². The monoisotopic (exact) mass is 300 g/mol. The number of fused-ring (bicyclic) bond motifs is 1. The molecule has 0 bridgehead atoms. The van der Waals surface area contributed by atoms with Gasteiger partial charge < -0.3 is 9.64 Å². The van der Waals surface area contributed by atoms with Crippen molar-refractivity contribution in [1.29, 1.82) is 0 Å². The van der Waals surface area contributed by atoms with Gasteiger partial charge in [0.1, 0.15) is 5.69 Å². The fraction of sp³-hybridized carbons (Fsp3) is 0.438. The molecular weight excluding hydrogens is 280 g/mol. The summed E-state index contributed by atoms with van der Waals surface area (Å²) in [6.45, 7) is 3.89. The van der Waals surface area contributed by atoms with Gasteiger partial charge in [-0.1, -0.05) is 35.5 Å². The molecule has 1 aromatic carbocycles. The molecule has 0 N–H and O–H groups in total. The van der Waals surface area contributed by atoms with Crippen LogP contribution in [0.2, 0.25) is 0 Å². The Labute approximate surface area is 129 Å². The summed E-state index contributed by atoms with van der Waals surface area (Å²) in [6.07, 6.45) is 0. The highest BCUT2D eigenvalue weighted by Gasteiger charge is 2.31. The van der Waals surface area contributed by atoms with Gasteiger partial charge in [0, 0.05) is 26.4 Å². The fourth-order valence-electron chi connectivity index (χ4n) is 2.88. The van der Waals surface area contributed by atoms with Crippen LogP contribution in [-0.4, -0.2) is 39.0 Å². The standard InChI is InChI=1S/C16H20N4O2/c1-12(21)20-8-14(16-15(9-20)17-18-19(16)2)11-22-10-13-6-4-3-5-7-13/h3-7,14H,8-11H2,1-2H3. The average Bonchev–Trinajstić information content (AvgIpc) is 2.90. The molecule has 1 aliphatic rings. The third-order valence-corrected chi connectivity index (χ3v) is 3.99. The summed E-state index contributed by atoms with van der Waals surface area (Å²) in [5.41, 5.74) is 3.09. The van der Waals surface area contributed by atoms with Crippen molar-refractivity contribution in [3.63, 3.8) is 0 Å². The number of benzene rings is 1. The summed E-state index contributed by atoms with van der Waals surface area (Å²) < 4.78 is 7.66. The van der Waals surface area contributed by atoms with Gasteiger partial charge in [0.15, 0.2) is 0 Å². The first-order valence-corrected chi connectivity index (χ1v) is 7.40. The molecular formula is C16H20N4O2. The van der Waals surface area contributed by atoms with Gasteiger partial charge in [0.25, 0.3) is 0 Å². The van der Waals surface area contributed by atoms with Crippen LogP contribution in [0.15, 0.2) is 30.3 Å². The summed E-state index contributed by atoms with van der Waals surface area (Å²) in [6, 6.07) is 10.1. The lowest BCUT2D eigenvalue weighted by atomic mass is 9.99. The maximum atomic E-state index is 11.7. The van der Waals surface area contributed by atoms with Crippen molar-refractivity contribution in [1.82, 2.24) is 19.9 Å². The van der Waals surface area contributed by atoms with Crippen molar-refractivity contribution in [2.45, 2.75) is 26.0 Å². The molecule has 2 aromatic rings. The second kappa shape index (κ2) is 6.27. The van der Waals surface area contributed by atoms with Crippen LogP contribution in [0.4, 0.5) is 0 Å². The lowest BCUT2D eigenvalue weighted by Crippen LogP contribution is -2.39. The van der Waals surface area contributed by atoms with Crippen LogP contribution in [0.25, 0.3) is 0 Å². The first-order valence-electron chi connectivity index (χ1n) is 7.40. The van der Waals surface area contributed by atoms with Gasteiger partial charge in [0.05, 0.1) is 25.5 Å². The molecule has 0 spiro atoms. The smallest absolute Gasteiger partial charge is 0.219 e. The van der Waals surface area contributed by atoms with Crippen molar-refractivity contribution < 1.29 is 9.53 Å². The Kier molecular flexibility index (Phi) is 4.20. The highest BCUT2D eigenvalue weighted by molar-refractivity contribution is 5.73. The van der Waals surface area contributed by atoms with Gasteiger partial charge >= 0.3 is 0 Å². The van der Waals surface area contributed by atoms with Crippen LogP contribution >= 0.6 is 0 Å². The molecule has 1 aromatic heterocycles. The highest BCUT2D eigenvalue weighted by Crippen LogP contribution is 2.27. The minimum Gasteiger partial charge on any atom is -0.376 e. The average molecular weight is 300 g/mol. The molecule has 0 saturated heterocycles. The number of carbonyl (C=O) groups is 1. The predicted molar refractivity (Wildman–Crippen MR) is 80.9 cm³/mol.